The first kappa shape index (κ1) is 26.2. The van der Waals surface area contributed by atoms with Gasteiger partial charge in [0.2, 0.25) is 0 Å². The quantitative estimate of drug-likeness (QED) is 0.259. The van der Waals surface area contributed by atoms with Gasteiger partial charge in [0.25, 0.3) is 11.1 Å². The molecule has 4 heterocycles. The Morgan fingerprint density at radius 1 is 1.07 bits per heavy atom. The third-order valence-electron chi connectivity index (χ3n) is 7.66. The molecule has 0 fully saturated rings. The van der Waals surface area contributed by atoms with Crippen LogP contribution in [0.5, 0.6) is 17.2 Å². The van der Waals surface area contributed by atoms with Crippen LogP contribution < -0.4 is 20.6 Å². The number of rotatable bonds is 7. The number of para-hydroxylation sites is 1. The second-order valence-electron chi connectivity index (χ2n) is 10.1. The lowest BCUT2D eigenvalue weighted by Crippen LogP contribution is -2.31. The third kappa shape index (κ3) is 4.82. The van der Waals surface area contributed by atoms with Gasteiger partial charge in [-0.2, -0.15) is 0 Å². The van der Waals surface area contributed by atoms with Crippen LogP contribution in [0.25, 0.3) is 21.8 Å². The molecule has 41 heavy (non-hydrogen) atoms. The van der Waals surface area contributed by atoms with Gasteiger partial charge < -0.3 is 33.9 Å². The van der Waals surface area contributed by atoms with E-state index in [0.29, 0.717) is 54.3 Å². The number of nitrogens with zero attached hydrogens (tertiary/aromatic N) is 1. The van der Waals surface area contributed by atoms with Crippen molar-refractivity contribution in [3.63, 3.8) is 0 Å². The molecule has 0 amide bonds. The predicted octanol–water partition coefficient (Wildman–Crippen LogP) is 3.89. The Hall–Kier alpha value is -4.99. The second-order valence-corrected chi connectivity index (χ2v) is 10.1. The highest BCUT2D eigenvalue weighted by atomic mass is 16.6. The van der Waals surface area contributed by atoms with Gasteiger partial charge >= 0.3 is 5.97 Å². The fraction of sp³-hybridized carbons (Fsp3) is 0.258. The van der Waals surface area contributed by atoms with Crippen molar-refractivity contribution in [1.82, 2.24) is 14.5 Å². The number of benzene rings is 2. The summed E-state index contributed by atoms with van der Waals surface area (Å²) in [7, 11) is 1.24. The first-order valence-electron chi connectivity index (χ1n) is 13.4. The number of carbonyl (C=O) groups is 1. The van der Waals surface area contributed by atoms with Crippen molar-refractivity contribution in [1.29, 1.82) is 0 Å². The standard InChI is InChI=1S/C31H29N3O7/c1-17-11-25(35)29(31(38)34(17)8-7-18-16-32-23-6-4-3-5-20(18)23)21(14-28(36)39-2)22-12-19-13-26-27(41-10-9-40-26)15-24(19)33-30(22)37/h3-6,11-13,15-16,21,32,35H,7-10,14H2,1-2H3,(H,33,37)/t21-/m1/s1. The van der Waals surface area contributed by atoms with E-state index in [1.807, 2.05) is 30.5 Å². The minimum absolute atomic E-state index is 0.0395. The van der Waals surface area contributed by atoms with E-state index in [0.717, 1.165) is 16.5 Å². The molecule has 1 aliphatic rings. The van der Waals surface area contributed by atoms with Gasteiger partial charge in [0, 0.05) is 52.3 Å². The third-order valence-corrected chi connectivity index (χ3v) is 7.66. The first-order valence-corrected chi connectivity index (χ1v) is 13.4. The van der Waals surface area contributed by atoms with Crippen LogP contribution in [0, 0.1) is 6.92 Å². The molecule has 0 aliphatic carbocycles. The van der Waals surface area contributed by atoms with Crippen LogP contribution in [-0.4, -0.2) is 45.9 Å². The zero-order chi connectivity index (χ0) is 28.7. The number of aromatic nitrogens is 3. The van der Waals surface area contributed by atoms with Gasteiger partial charge in [-0.15, -0.1) is 0 Å². The minimum atomic E-state index is -1.06. The van der Waals surface area contributed by atoms with E-state index in [4.69, 9.17) is 14.2 Å². The van der Waals surface area contributed by atoms with E-state index in [-0.39, 0.29) is 23.3 Å². The van der Waals surface area contributed by atoms with Gasteiger partial charge in [0.15, 0.2) is 11.5 Å². The SMILES string of the molecule is COC(=O)C[C@H](c1cc2cc3c(cc2[nH]c1=O)OCCO3)c1c(O)cc(C)n(CCc2c[nH]c3ccccc23)c1=O. The summed E-state index contributed by atoms with van der Waals surface area (Å²) in [5, 5.41) is 12.7. The number of hydrogen-bond acceptors (Lipinski definition) is 7. The molecule has 0 unspecified atom stereocenters. The zero-order valence-corrected chi connectivity index (χ0v) is 22.7. The lowest BCUT2D eigenvalue weighted by Gasteiger charge is -2.21. The van der Waals surface area contributed by atoms with Crippen molar-refractivity contribution in [3.05, 3.63) is 97.8 Å². The Bertz CT molecular complexity index is 1920. The predicted molar refractivity (Wildman–Crippen MR) is 153 cm³/mol. The van der Waals surface area contributed by atoms with Crippen molar-refractivity contribution in [2.45, 2.75) is 32.2 Å². The average Bonchev–Trinajstić information content (AvgIpc) is 3.38. The number of fused-ring (bicyclic) bond motifs is 3. The van der Waals surface area contributed by atoms with Gasteiger partial charge in [-0.3, -0.25) is 14.4 Å². The molecule has 10 heteroatoms. The van der Waals surface area contributed by atoms with Gasteiger partial charge in [0.1, 0.15) is 19.0 Å². The Morgan fingerprint density at radius 3 is 2.61 bits per heavy atom. The summed E-state index contributed by atoms with van der Waals surface area (Å²) in [5.74, 6) is -0.916. The van der Waals surface area contributed by atoms with Gasteiger partial charge in [-0.05, 0) is 43.2 Å². The van der Waals surface area contributed by atoms with Gasteiger partial charge in [-0.1, -0.05) is 18.2 Å². The largest absolute Gasteiger partial charge is 0.507 e. The van der Waals surface area contributed by atoms with Crippen molar-refractivity contribution < 1.29 is 24.1 Å². The van der Waals surface area contributed by atoms with E-state index >= 15 is 0 Å². The molecule has 3 aromatic heterocycles. The number of aryl methyl sites for hydroxylation is 2. The molecular formula is C31H29N3O7. The summed E-state index contributed by atoms with van der Waals surface area (Å²) < 4.78 is 17.8. The lowest BCUT2D eigenvalue weighted by molar-refractivity contribution is -0.140. The van der Waals surface area contributed by atoms with Gasteiger partial charge in [0.05, 0.1) is 24.6 Å². The van der Waals surface area contributed by atoms with Crippen molar-refractivity contribution >= 4 is 27.8 Å². The smallest absolute Gasteiger partial charge is 0.306 e. The summed E-state index contributed by atoms with van der Waals surface area (Å²) >= 11 is 0. The monoisotopic (exact) mass is 555 g/mol. The molecule has 0 saturated heterocycles. The molecule has 0 radical (unpaired) electrons. The van der Waals surface area contributed by atoms with Crippen LogP contribution in [0.4, 0.5) is 0 Å². The van der Waals surface area contributed by atoms with Crippen LogP contribution >= 0.6 is 0 Å². The number of ether oxygens (including phenoxy) is 3. The Morgan fingerprint density at radius 2 is 1.83 bits per heavy atom. The first-order chi connectivity index (χ1) is 19.8. The maximum atomic E-state index is 14.0. The summed E-state index contributed by atoms with van der Waals surface area (Å²) in [6.07, 6.45) is 2.17. The molecule has 0 spiro atoms. The second kappa shape index (κ2) is 10.5. The molecule has 5 aromatic rings. The summed E-state index contributed by atoms with van der Waals surface area (Å²) in [6.45, 7) is 2.88. The number of carbonyl (C=O) groups excluding carboxylic acids is 1. The normalized spacial score (nSPS) is 13.4. The van der Waals surface area contributed by atoms with Crippen molar-refractivity contribution in [3.8, 4) is 17.2 Å². The topological polar surface area (TPSA) is 136 Å². The van der Waals surface area contributed by atoms with Crippen LogP contribution in [0.1, 0.15) is 34.7 Å². The fourth-order valence-corrected chi connectivity index (χ4v) is 5.58. The molecule has 0 bridgehead atoms. The van der Waals surface area contributed by atoms with Crippen LogP contribution in [-0.2, 0) is 22.5 Å². The summed E-state index contributed by atoms with van der Waals surface area (Å²) in [6, 6.07) is 14.5. The summed E-state index contributed by atoms with van der Waals surface area (Å²) in [4.78, 5) is 46.0. The number of aromatic amines is 2. The molecule has 3 N–H and O–H groups in total. The molecule has 2 aromatic carbocycles. The van der Waals surface area contributed by atoms with Gasteiger partial charge in [-0.25, -0.2) is 0 Å². The maximum Gasteiger partial charge on any atom is 0.306 e. The number of H-pyrrole nitrogens is 2. The number of nitrogens with one attached hydrogen (secondary N) is 2. The zero-order valence-electron chi connectivity index (χ0n) is 22.7. The summed E-state index contributed by atoms with van der Waals surface area (Å²) in [5.41, 5.74) is 2.28. The Labute approximate surface area is 234 Å². The molecule has 10 nitrogen and oxygen atoms in total. The number of methoxy groups -OCH3 is 1. The molecular weight excluding hydrogens is 526 g/mol. The number of esters is 1. The number of hydrogen-bond donors (Lipinski definition) is 3. The fourth-order valence-electron chi connectivity index (χ4n) is 5.58. The van der Waals surface area contributed by atoms with E-state index in [1.165, 1.54) is 13.2 Å². The van der Waals surface area contributed by atoms with E-state index in [1.54, 1.807) is 29.7 Å². The van der Waals surface area contributed by atoms with E-state index in [9.17, 15) is 19.5 Å². The average molecular weight is 556 g/mol. The van der Waals surface area contributed by atoms with E-state index in [2.05, 4.69) is 9.97 Å². The van der Waals surface area contributed by atoms with Crippen molar-refractivity contribution in [2.75, 3.05) is 20.3 Å². The molecule has 1 atom stereocenters. The molecule has 0 saturated carbocycles. The highest BCUT2D eigenvalue weighted by Crippen LogP contribution is 2.36. The molecule has 210 valence electrons. The van der Waals surface area contributed by atoms with Crippen LogP contribution in [0.3, 0.4) is 0 Å². The Kier molecular flexibility index (Phi) is 6.74. The van der Waals surface area contributed by atoms with E-state index < -0.39 is 23.0 Å². The molecule has 1 aliphatic heterocycles. The number of pyridine rings is 2. The minimum Gasteiger partial charge on any atom is -0.507 e. The maximum absolute atomic E-state index is 14.0. The highest BCUT2D eigenvalue weighted by Gasteiger charge is 2.29. The number of aromatic hydroxyl groups is 1. The van der Waals surface area contributed by atoms with Crippen LogP contribution in [0.15, 0.2) is 64.3 Å². The Balaban J connectivity index is 1.45. The highest BCUT2D eigenvalue weighted by molar-refractivity contribution is 5.84. The molecule has 6 rings (SSSR count). The van der Waals surface area contributed by atoms with Crippen LogP contribution in [0.2, 0.25) is 0 Å². The lowest BCUT2D eigenvalue weighted by atomic mass is 9.88. The van der Waals surface area contributed by atoms with Crippen molar-refractivity contribution in [2.24, 2.45) is 0 Å².